The number of anilines is 2. The van der Waals surface area contributed by atoms with Crippen LogP contribution in [-0.2, 0) is 0 Å². The third-order valence-corrected chi connectivity index (χ3v) is 5.47. The van der Waals surface area contributed by atoms with Crippen LogP contribution in [0.2, 0.25) is 0 Å². The minimum absolute atomic E-state index is 0.210. The zero-order valence-corrected chi connectivity index (χ0v) is 13.6. The van der Waals surface area contributed by atoms with E-state index in [1.807, 2.05) is 0 Å². The van der Waals surface area contributed by atoms with E-state index in [4.69, 9.17) is 0 Å². The molecule has 116 valence electrons. The first kappa shape index (κ1) is 13.1. The minimum atomic E-state index is 0.210. The maximum Gasteiger partial charge on any atom is 0.331 e. The summed E-state index contributed by atoms with van der Waals surface area (Å²) in [4.78, 5) is 5.98. The number of aromatic nitrogens is 1. The van der Waals surface area contributed by atoms with Gasteiger partial charge in [0.2, 0.25) is 0 Å². The molecule has 0 atom stereocenters. The maximum absolute atomic E-state index is 3.47. The van der Waals surface area contributed by atoms with Gasteiger partial charge in [-0.15, -0.1) is 0 Å². The van der Waals surface area contributed by atoms with Gasteiger partial charge in [0.15, 0.2) is 0 Å². The van der Waals surface area contributed by atoms with Crippen LogP contribution in [0.4, 0.5) is 11.4 Å². The number of benzene rings is 3. The van der Waals surface area contributed by atoms with Crippen molar-refractivity contribution in [3.8, 4) is 22.4 Å². The normalized spacial score (nSPS) is 13.4. The summed E-state index contributed by atoms with van der Waals surface area (Å²) in [6, 6.07) is 28.5. The average Bonchev–Trinajstić information content (AvgIpc) is 3.17. The third-order valence-electron chi connectivity index (χ3n) is 5.47. The molecule has 1 N–H and O–H groups in total. The Balaban J connectivity index is 1.77. The topological polar surface area (TPSA) is 19.0 Å². The summed E-state index contributed by atoms with van der Waals surface area (Å²) in [7, 11) is 0. The number of H-pyrrole nitrogens is 1. The first-order valence-electron chi connectivity index (χ1n) is 8.68. The predicted octanol–water partition coefficient (Wildman–Crippen LogP) is 3.92. The lowest BCUT2D eigenvalue weighted by Gasteiger charge is -2.42. The summed E-state index contributed by atoms with van der Waals surface area (Å²) in [6.07, 6.45) is 2.06. The van der Waals surface area contributed by atoms with E-state index in [2.05, 4.69) is 94.9 Å². The van der Waals surface area contributed by atoms with Gasteiger partial charge in [-0.05, 0) is 34.7 Å². The molecular weight excluding hydrogens is 303 g/mol. The molecule has 2 aliphatic rings. The van der Waals surface area contributed by atoms with Crippen LogP contribution < -0.4 is 15.7 Å². The van der Waals surface area contributed by atoms with Gasteiger partial charge >= 0.3 is 6.85 Å². The van der Waals surface area contributed by atoms with E-state index >= 15 is 0 Å². The van der Waals surface area contributed by atoms with E-state index in [9.17, 15) is 0 Å². The molecule has 0 unspecified atom stereocenters. The highest BCUT2D eigenvalue weighted by molar-refractivity contribution is 6.92. The van der Waals surface area contributed by atoms with Crippen molar-refractivity contribution < 1.29 is 0 Å². The molecule has 0 saturated carbocycles. The fourth-order valence-corrected chi connectivity index (χ4v) is 4.48. The van der Waals surface area contributed by atoms with Crippen LogP contribution >= 0.6 is 0 Å². The van der Waals surface area contributed by atoms with Gasteiger partial charge in [-0.3, -0.25) is 0 Å². The Morgan fingerprint density at radius 2 is 1.24 bits per heavy atom. The standard InChI is InChI=1S/C22H15BN2/c1-4-10-18-15(7-1)16-8-2-5-11-20(16)25-21-12-6-3-9-17(21)22-19(23(18)25)13-14-24-22/h1-14,24H. The van der Waals surface area contributed by atoms with E-state index in [0.717, 1.165) is 0 Å². The Kier molecular flexibility index (Phi) is 2.45. The summed E-state index contributed by atoms with van der Waals surface area (Å²) in [5.41, 5.74) is 10.4. The van der Waals surface area contributed by atoms with E-state index in [0.29, 0.717) is 0 Å². The van der Waals surface area contributed by atoms with Gasteiger partial charge in [0, 0.05) is 34.4 Å². The molecule has 4 aromatic rings. The molecule has 1 aromatic heterocycles. The molecule has 0 radical (unpaired) electrons. The van der Waals surface area contributed by atoms with E-state index < -0.39 is 0 Å². The number of aromatic amines is 1. The Bertz CT molecular complexity index is 1130. The Morgan fingerprint density at radius 1 is 0.600 bits per heavy atom. The van der Waals surface area contributed by atoms with Crippen LogP contribution in [-0.4, -0.2) is 11.8 Å². The summed E-state index contributed by atoms with van der Waals surface area (Å²) < 4.78 is 0. The Morgan fingerprint density at radius 3 is 2.08 bits per heavy atom. The first-order valence-corrected chi connectivity index (χ1v) is 8.68. The monoisotopic (exact) mass is 318 g/mol. The Hall–Kier alpha value is -3.20. The maximum atomic E-state index is 3.47. The molecule has 0 aliphatic carbocycles. The average molecular weight is 318 g/mol. The quantitative estimate of drug-likeness (QED) is 0.487. The molecule has 25 heavy (non-hydrogen) atoms. The highest BCUT2D eigenvalue weighted by Gasteiger charge is 2.42. The van der Waals surface area contributed by atoms with Crippen molar-refractivity contribution in [2.75, 3.05) is 4.81 Å². The van der Waals surface area contributed by atoms with Crippen LogP contribution in [0.25, 0.3) is 22.4 Å². The fourth-order valence-electron chi connectivity index (χ4n) is 4.48. The SMILES string of the molecule is c1ccc2c(c1)B1c3cc[nH]c3-c3ccccc3N1c1ccccc1-2. The van der Waals surface area contributed by atoms with Gasteiger partial charge in [0.05, 0.1) is 0 Å². The lowest BCUT2D eigenvalue weighted by molar-refractivity contribution is 1.32. The number of hydrogen-bond acceptors (Lipinski definition) is 1. The van der Waals surface area contributed by atoms with Crippen LogP contribution in [0.15, 0.2) is 85.1 Å². The molecule has 0 saturated heterocycles. The summed E-state index contributed by atoms with van der Waals surface area (Å²) in [5.74, 6) is 0. The minimum Gasteiger partial charge on any atom is -0.376 e. The molecule has 3 heterocycles. The van der Waals surface area contributed by atoms with Crippen molar-refractivity contribution in [1.82, 2.24) is 4.98 Å². The van der Waals surface area contributed by atoms with Gasteiger partial charge in [-0.2, -0.15) is 0 Å². The zero-order valence-electron chi connectivity index (χ0n) is 13.6. The van der Waals surface area contributed by atoms with Gasteiger partial charge in [0.1, 0.15) is 0 Å². The lowest BCUT2D eigenvalue weighted by Crippen LogP contribution is -2.59. The van der Waals surface area contributed by atoms with Crippen LogP contribution in [0.5, 0.6) is 0 Å². The van der Waals surface area contributed by atoms with Gasteiger partial charge < -0.3 is 9.79 Å². The fraction of sp³-hybridized carbons (Fsp3) is 0. The van der Waals surface area contributed by atoms with Crippen molar-refractivity contribution >= 4 is 29.1 Å². The smallest absolute Gasteiger partial charge is 0.331 e. The summed E-state index contributed by atoms with van der Waals surface area (Å²) in [6.45, 7) is 0.210. The summed E-state index contributed by atoms with van der Waals surface area (Å²) >= 11 is 0. The van der Waals surface area contributed by atoms with Crippen molar-refractivity contribution in [3.05, 3.63) is 85.1 Å². The second-order valence-electron chi connectivity index (χ2n) is 6.70. The van der Waals surface area contributed by atoms with Crippen LogP contribution in [0, 0.1) is 0 Å². The van der Waals surface area contributed by atoms with E-state index in [1.54, 1.807) is 0 Å². The third kappa shape index (κ3) is 1.60. The number of hydrogen-bond donors (Lipinski definition) is 1. The lowest BCUT2D eigenvalue weighted by atomic mass is 9.44. The second-order valence-corrected chi connectivity index (χ2v) is 6.70. The van der Waals surface area contributed by atoms with Crippen LogP contribution in [0.1, 0.15) is 0 Å². The zero-order chi connectivity index (χ0) is 16.4. The highest BCUT2D eigenvalue weighted by Crippen LogP contribution is 2.44. The first-order chi connectivity index (χ1) is 12.4. The van der Waals surface area contributed by atoms with Crippen molar-refractivity contribution in [2.24, 2.45) is 0 Å². The van der Waals surface area contributed by atoms with Crippen molar-refractivity contribution in [3.63, 3.8) is 0 Å². The van der Waals surface area contributed by atoms with Crippen molar-refractivity contribution in [1.29, 1.82) is 0 Å². The van der Waals surface area contributed by atoms with Crippen molar-refractivity contribution in [2.45, 2.75) is 0 Å². The number of fused-ring (bicyclic) bond motifs is 11. The molecule has 2 aliphatic heterocycles. The molecule has 0 amide bonds. The number of nitrogens with one attached hydrogen (secondary N) is 1. The van der Waals surface area contributed by atoms with Gasteiger partial charge in [0.25, 0.3) is 0 Å². The summed E-state index contributed by atoms with van der Waals surface area (Å²) in [5, 5.41) is 0. The number of nitrogens with zero attached hydrogens (tertiary/aromatic N) is 1. The molecule has 3 aromatic carbocycles. The van der Waals surface area contributed by atoms with Gasteiger partial charge in [-0.25, -0.2) is 0 Å². The Labute approximate surface area is 146 Å². The van der Waals surface area contributed by atoms with Gasteiger partial charge in [-0.1, -0.05) is 60.7 Å². The molecule has 0 fully saturated rings. The largest absolute Gasteiger partial charge is 0.376 e. The highest BCUT2D eigenvalue weighted by atomic mass is 15.1. The number of rotatable bonds is 0. The molecule has 0 bridgehead atoms. The van der Waals surface area contributed by atoms with E-state index in [-0.39, 0.29) is 6.85 Å². The second kappa shape index (κ2) is 4.67. The molecule has 2 nitrogen and oxygen atoms in total. The number of para-hydroxylation sites is 2. The van der Waals surface area contributed by atoms with E-state index in [1.165, 1.54) is 44.7 Å². The molecule has 6 rings (SSSR count). The predicted molar refractivity (Wildman–Crippen MR) is 105 cm³/mol. The van der Waals surface area contributed by atoms with Crippen LogP contribution in [0.3, 0.4) is 0 Å². The molecular formula is C22H15BN2. The molecule has 3 heteroatoms. The molecule has 0 spiro atoms.